The number of amides is 1. The molecular formula is C20H30N4O. The lowest BCUT2D eigenvalue weighted by atomic mass is 9.86. The van der Waals surface area contributed by atoms with Crippen molar-refractivity contribution in [1.29, 1.82) is 0 Å². The summed E-state index contributed by atoms with van der Waals surface area (Å²) in [6.45, 7) is 13.3. The molecule has 0 saturated carbocycles. The van der Waals surface area contributed by atoms with Crippen molar-refractivity contribution in [2.24, 2.45) is 5.41 Å². The molecule has 2 aromatic heterocycles. The summed E-state index contributed by atoms with van der Waals surface area (Å²) in [6.07, 6.45) is 4.87. The molecule has 25 heavy (non-hydrogen) atoms. The van der Waals surface area contributed by atoms with E-state index in [0.717, 1.165) is 23.4 Å². The molecule has 0 unspecified atom stereocenters. The van der Waals surface area contributed by atoms with Crippen molar-refractivity contribution in [3.05, 3.63) is 47.0 Å². The van der Waals surface area contributed by atoms with Crippen LogP contribution in [0.25, 0.3) is 0 Å². The van der Waals surface area contributed by atoms with E-state index >= 15 is 0 Å². The smallest absolute Gasteiger partial charge is 0.222 e. The monoisotopic (exact) mass is 342 g/mol. The van der Waals surface area contributed by atoms with Crippen LogP contribution in [-0.2, 0) is 11.3 Å². The van der Waals surface area contributed by atoms with Gasteiger partial charge in [-0.2, -0.15) is 5.10 Å². The maximum atomic E-state index is 12.5. The molecule has 2 rings (SSSR count). The largest absolute Gasteiger partial charge is 0.349 e. The first-order chi connectivity index (χ1) is 11.7. The zero-order chi connectivity index (χ0) is 18.6. The molecule has 1 N–H and O–H groups in total. The number of aromatic nitrogens is 3. The van der Waals surface area contributed by atoms with E-state index in [1.165, 1.54) is 5.56 Å². The number of carbonyl (C=O) groups excluding carboxylic acids is 1. The molecule has 2 heterocycles. The highest BCUT2D eigenvalue weighted by atomic mass is 16.1. The van der Waals surface area contributed by atoms with E-state index < -0.39 is 0 Å². The van der Waals surface area contributed by atoms with E-state index in [-0.39, 0.29) is 17.4 Å². The summed E-state index contributed by atoms with van der Waals surface area (Å²) < 4.78 is 1.92. The summed E-state index contributed by atoms with van der Waals surface area (Å²) in [5, 5.41) is 7.69. The van der Waals surface area contributed by atoms with Crippen molar-refractivity contribution in [1.82, 2.24) is 20.1 Å². The number of aryl methyl sites for hydroxylation is 2. The van der Waals surface area contributed by atoms with Crippen LogP contribution in [0, 0.1) is 26.2 Å². The second kappa shape index (κ2) is 7.81. The lowest BCUT2D eigenvalue weighted by Crippen LogP contribution is -2.32. The van der Waals surface area contributed by atoms with Crippen molar-refractivity contribution in [2.45, 2.75) is 67.0 Å². The van der Waals surface area contributed by atoms with Crippen LogP contribution >= 0.6 is 0 Å². The van der Waals surface area contributed by atoms with Gasteiger partial charge in [0.1, 0.15) is 0 Å². The second-order valence-corrected chi connectivity index (χ2v) is 7.94. The van der Waals surface area contributed by atoms with Gasteiger partial charge < -0.3 is 5.32 Å². The molecule has 1 amide bonds. The van der Waals surface area contributed by atoms with Crippen LogP contribution in [0.4, 0.5) is 0 Å². The molecule has 5 nitrogen and oxygen atoms in total. The molecule has 0 saturated heterocycles. The summed E-state index contributed by atoms with van der Waals surface area (Å²) in [4.78, 5) is 16.7. The molecule has 2 aromatic rings. The molecule has 0 spiro atoms. The Kier molecular flexibility index (Phi) is 5.98. The summed E-state index contributed by atoms with van der Waals surface area (Å²) >= 11 is 0. The number of hydrogen-bond donors (Lipinski definition) is 1. The lowest BCUT2D eigenvalue weighted by Gasteiger charge is -2.27. The van der Waals surface area contributed by atoms with Crippen molar-refractivity contribution in [3.63, 3.8) is 0 Å². The third kappa shape index (κ3) is 5.41. The number of nitrogens with zero attached hydrogens (tertiary/aromatic N) is 3. The number of carbonyl (C=O) groups is 1. The van der Waals surface area contributed by atoms with Gasteiger partial charge in [-0.15, -0.1) is 0 Å². The van der Waals surface area contributed by atoms with Crippen LogP contribution in [0.2, 0.25) is 0 Å². The van der Waals surface area contributed by atoms with Gasteiger partial charge in [0.05, 0.1) is 11.7 Å². The molecule has 0 aliphatic heterocycles. The van der Waals surface area contributed by atoms with Gasteiger partial charge in [0, 0.05) is 31.1 Å². The van der Waals surface area contributed by atoms with Crippen molar-refractivity contribution in [3.8, 4) is 0 Å². The molecule has 136 valence electrons. The van der Waals surface area contributed by atoms with E-state index in [1.54, 1.807) is 6.20 Å². The summed E-state index contributed by atoms with van der Waals surface area (Å²) in [5.74, 6) is 0.0447. The fourth-order valence-electron chi connectivity index (χ4n) is 2.92. The molecule has 0 radical (unpaired) electrons. The van der Waals surface area contributed by atoms with Crippen molar-refractivity contribution < 1.29 is 4.79 Å². The molecule has 0 aliphatic carbocycles. The fourth-order valence-corrected chi connectivity index (χ4v) is 2.92. The first-order valence-electron chi connectivity index (χ1n) is 8.87. The van der Waals surface area contributed by atoms with Crippen molar-refractivity contribution in [2.75, 3.05) is 0 Å². The van der Waals surface area contributed by atoms with Crippen molar-refractivity contribution >= 4 is 5.91 Å². The van der Waals surface area contributed by atoms with Gasteiger partial charge in [0.15, 0.2) is 0 Å². The topological polar surface area (TPSA) is 59.8 Å². The predicted molar refractivity (Wildman–Crippen MR) is 100 cm³/mol. The SMILES string of the molecule is Cc1nn(CCC(=O)N[C@@H](CC(C)(C)C)c2cccnc2)c(C)c1C. The van der Waals surface area contributed by atoms with Gasteiger partial charge in [0.25, 0.3) is 0 Å². The highest BCUT2D eigenvalue weighted by Gasteiger charge is 2.22. The van der Waals surface area contributed by atoms with E-state index in [1.807, 2.05) is 36.9 Å². The normalized spacial score (nSPS) is 12.9. The maximum Gasteiger partial charge on any atom is 0.222 e. The van der Waals surface area contributed by atoms with E-state index in [9.17, 15) is 4.79 Å². The molecular weight excluding hydrogens is 312 g/mol. The Morgan fingerprint density at radius 2 is 2.00 bits per heavy atom. The Balaban J connectivity index is 2.02. The van der Waals surface area contributed by atoms with Gasteiger partial charge in [-0.05, 0) is 49.8 Å². The van der Waals surface area contributed by atoms with Crippen LogP contribution in [0.15, 0.2) is 24.5 Å². The number of hydrogen-bond acceptors (Lipinski definition) is 3. The standard InChI is InChI=1S/C20H30N4O/c1-14-15(2)23-24(16(14)3)11-9-19(25)22-18(12-20(4,5)6)17-8-7-10-21-13-17/h7-8,10,13,18H,9,11-12H2,1-6H3,(H,22,25)/t18-/m0/s1. The average molecular weight is 342 g/mol. The van der Waals surface area contributed by atoms with Crippen LogP contribution in [0.1, 0.15) is 62.2 Å². The van der Waals surface area contributed by atoms with Crippen LogP contribution < -0.4 is 5.32 Å². The molecule has 5 heteroatoms. The predicted octanol–water partition coefficient (Wildman–Crippen LogP) is 3.89. The highest BCUT2D eigenvalue weighted by Crippen LogP contribution is 2.29. The molecule has 1 atom stereocenters. The zero-order valence-electron chi connectivity index (χ0n) is 16.3. The van der Waals surface area contributed by atoms with Gasteiger partial charge in [-0.25, -0.2) is 0 Å². The third-order valence-electron chi connectivity index (χ3n) is 4.53. The van der Waals surface area contributed by atoms with Crippen LogP contribution in [0.5, 0.6) is 0 Å². The van der Waals surface area contributed by atoms with E-state index in [4.69, 9.17) is 0 Å². The van der Waals surface area contributed by atoms with E-state index in [0.29, 0.717) is 13.0 Å². The number of nitrogens with one attached hydrogen (secondary N) is 1. The Hall–Kier alpha value is -2.17. The quantitative estimate of drug-likeness (QED) is 0.866. The average Bonchev–Trinajstić information content (AvgIpc) is 2.79. The first-order valence-corrected chi connectivity index (χ1v) is 8.87. The van der Waals surface area contributed by atoms with Gasteiger partial charge in [0.2, 0.25) is 5.91 Å². The minimum Gasteiger partial charge on any atom is -0.349 e. The molecule has 0 fully saturated rings. The zero-order valence-corrected chi connectivity index (χ0v) is 16.3. The van der Waals surface area contributed by atoms with Gasteiger partial charge in [-0.1, -0.05) is 26.8 Å². The second-order valence-electron chi connectivity index (χ2n) is 7.94. The minimum atomic E-state index is -0.0246. The van der Waals surface area contributed by atoms with Crippen LogP contribution in [0.3, 0.4) is 0 Å². The third-order valence-corrected chi connectivity index (χ3v) is 4.53. The molecule has 0 aliphatic rings. The Morgan fingerprint density at radius 3 is 2.52 bits per heavy atom. The first kappa shape index (κ1) is 19.2. The van der Waals surface area contributed by atoms with Gasteiger partial charge >= 0.3 is 0 Å². The minimum absolute atomic E-state index is 0.0246. The molecule has 0 bridgehead atoms. The Labute approximate surface area is 150 Å². The Morgan fingerprint density at radius 1 is 1.28 bits per heavy atom. The van der Waals surface area contributed by atoms with Crippen LogP contribution in [-0.4, -0.2) is 20.7 Å². The van der Waals surface area contributed by atoms with E-state index in [2.05, 4.69) is 43.1 Å². The summed E-state index contributed by atoms with van der Waals surface area (Å²) in [5.41, 5.74) is 4.51. The number of rotatable bonds is 6. The number of pyridine rings is 1. The highest BCUT2D eigenvalue weighted by molar-refractivity contribution is 5.76. The maximum absolute atomic E-state index is 12.5. The molecule has 0 aromatic carbocycles. The Bertz CT molecular complexity index is 713. The van der Waals surface area contributed by atoms with Gasteiger partial charge in [-0.3, -0.25) is 14.5 Å². The summed E-state index contributed by atoms with van der Waals surface area (Å²) in [7, 11) is 0. The fraction of sp³-hybridized carbons (Fsp3) is 0.550. The lowest BCUT2D eigenvalue weighted by molar-refractivity contribution is -0.122. The summed E-state index contributed by atoms with van der Waals surface area (Å²) in [6, 6.07) is 3.91.